The Morgan fingerprint density at radius 1 is 1.45 bits per heavy atom. The van der Waals surface area contributed by atoms with Gasteiger partial charge in [0.15, 0.2) is 5.03 Å². The van der Waals surface area contributed by atoms with E-state index in [0.717, 1.165) is 11.1 Å². The molecule has 0 fully saturated rings. The van der Waals surface area contributed by atoms with Crippen LogP contribution in [0.3, 0.4) is 0 Å². The standard InChI is InChI=1S/C12H15ClN4O2S/c1-8-9(4-3-5-11(8)14)6-16-20(18,19)12-10(13)7-15-17(12)2/h3-5,7,16H,6,14H2,1-2H3. The number of hydrogen-bond donors (Lipinski definition) is 2. The van der Waals surface area contributed by atoms with Gasteiger partial charge in [-0.25, -0.2) is 13.1 Å². The van der Waals surface area contributed by atoms with Crippen molar-refractivity contribution in [1.29, 1.82) is 0 Å². The maximum atomic E-state index is 12.2. The number of sulfonamides is 1. The molecule has 0 radical (unpaired) electrons. The highest BCUT2D eigenvalue weighted by Gasteiger charge is 2.22. The molecule has 0 aliphatic carbocycles. The summed E-state index contributed by atoms with van der Waals surface area (Å²) in [6, 6.07) is 5.37. The Bertz CT molecular complexity index is 720. The molecule has 6 nitrogen and oxygen atoms in total. The number of rotatable bonds is 4. The van der Waals surface area contributed by atoms with E-state index in [4.69, 9.17) is 17.3 Å². The third kappa shape index (κ3) is 2.79. The van der Waals surface area contributed by atoms with E-state index in [1.165, 1.54) is 17.9 Å². The maximum absolute atomic E-state index is 12.2. The first kappa shape index (κ1) is 14.8. The van der Waals surface area contributed by atoms with E-state index in [2.05, 4.69) is 9.82 Å². The number of aryl methyl sites for hydroxylation is 1. The topological polar surface area (TPSA) is 90.0 Å². The molecule has 20 heavy (non-hydrogen) atoms. The van der Waals surface area contributed by atoms with Gasteiger partial charge < -0.3 is 5.73 Å². The minimum atomic E-state index is -3.73. The number of anilines is 1. The van der Waals surface area contributed by atoms with Gasteiger partial charge in [0.25, 0.3) is 10.0 Å². The molecular weight excluding hydrogens is 300 g/mol. The minimum absolute atomic E-state index is 0.0549. The Kier molecular flexibility index (Phi) is 4.03. The Labute approximate surface area is 122 Å². The lowest BCUT2D eigenvalue weighted by molar-refractivity contribution is 0.563. The molecule has 1 aromatic carbocycles. The van der Waals surface area contributed by atoms with Gasteiger partial charge in [-0.15, -0.1) is 0 Å². The average molecular weight is 315 g/mol. The molecule has 0 saturated heterocycles. The van der Waals surface area contributed by atoms with Gasteiger partial charge in [0.05, 0.1) is 11.2 Å². The molecule has 0 atom stereocenters. The number of aromatic nitrogens is 2. The molecule has 0 aliphatic heterocycles. The van der Waals surface area contributed by atoms with Gasteiger partial charge >= 0.3 is 0 Å². The van der Waals surface area contributed by atoms with Crippen LogP contribution < -0.4 is 10.5 Å². The maximum Gasteiger partial charge on any atom is 0.259 e. The zero-order chi connectivity index (χ0) is 14.9. The number of benzene rings is 1. The number of nitrogens with one attached hydrogen (secondary N) is 1. The first-order valence-electron chi connectivity index (χ1n) is 5.84. The van der Waals surface area contributed by atoms with Crippen LogP contribution in [0.15, 0.2) is 29.4 Å². The molecule has 3 N–H and O–H groups in total. The normalized spacial score (nSPS) is 11.8. The molecule has 1 aromatic heterocycles. The van der Waals surface area contributed by atoms with Crippen LogP contribution >= 0.6 is 11.6 Å². The first-order chi connectivity index (χ1) is 9.33. The molecule has 8 heteroatoms. The summed E-state index contributed by atoms with van der Waals surface area (Å²) in [6.45, 7) is 1.98. The van der Waals surface area contributed by atoms with Crippen molar-refractivity contribution in [3.63, 3.8) is 0 Å². The van der Waals surface area contributed by atoms with E-state index in [1.807, 2.05) is 13.0 Å². The SMILES string of the molecule is Cc1c(N)cccc1CNS(=O)(=O)c1c(Cl)cnn1C. The summed E-state index contributed by atoms with van der Waals surface area (Å²) >= 11 is 5.85. The summed E-state index contributed by atoms with van der Waals surface area (Å²) < 4.78 is 28.2. The lowest BCUT2D eigenvalue weighted by Gasteiger charge is -2.10. The van der Waals surface area contributed by atoms with Crippen LogP contribution in [0.4, 0.5) is 5.69 Å². The first-order valence-corrected chi connectivity index (χ1v) is 7.70. The lowest BCUT2D eigenvalue weighted by atomic mass is 10.1. The van der Waals surface area contributed by atoms with Crippen molar-refractivity contribution >= 4 is 27.3 Å². The van der Waals surface area contributed by atoms with E-state index in [0.29, 0.717) is 5.69 Å². The van der Waals surface area contributed by atoms with E-state index in [9.17, 15) is 8.42 Å². The molecule has 2 aromatic rings. The summed E-state index contributed by atoms with van der Waals surface area (Å²) in [7, 11) is -2.21. The van der Waals surface area contributed by atoms with E-state index >= 15 is 0 Å². The zero-order valence-electron chi connectivity index (χ0n) is 11.1. The summed E-state index contributed by atoms with van der Waals surface area (Å²) in [5.74, 6) is 0. The zero-order valence-corrected chi connectivity index (χ0v) is 12.7. The highest BCUT2D eigenvalue weighted by Crippen LogP contribution is 2.21. The average Bonchev–Trinajstić information content (AvgIpc) is 2.71. The molecule has 0 amide bonds. The number of nitrogen functional groups attached to an aromatic ring is 1. The van der Waals surface area contributed by atoms with Crippen molar-refractivity contribution in [2.24, 2.45) is 7.05 Å². The Morgan fingerprint density at radius 3 is 2.75 bits per heavy atom. The van der Waals surface area contributed by atoms with Crippen molar-refractivity contribution in [3.05, 3.63) is 40.5 Å². The summed E-state index contributed by atoms with van der Waals surface area (Å²) in [6.07, 6.45) is 1.29. The van der Waals surface area contributed by atoms with E-state index in [1.54, 1.807) is 12.1 Å². The Hall–Kier alpha value is -1.57. The Morgan fingerprint density at radius 2 is 2.15 bits per heavy atom. The third-order valence-electron chi connectivity index (χ3n) is 3.04. The van der Waals surface area contributed by atoms with E-state index in [-0.39, 0.29) is 16.6 Å². The fraction of sp³-hybridized carbons (Fsp3) is 0.250. The van der Waals surface area contributed by atoms with Crippen LogP contribution in [0.25, 0.3) is 0 Å². The van der Waals surface area contributed by atoms with Crippen molar-refractivity contribution < 1.29 is 8.42 Å². The van der Waals surface area contributed by atoms with Crippen LogP contribution in [-0.4, -0.2) is 18.2 Å². The number of hydrogen-bond acceptors (Lipinski definition) is 4. The largest absolute Gasteiger partial charge is 0.399 e. The van der Waals surface area contributed by atoms with Crippen LogP contribution in [-0.2, 0) is 23.6 Å². The second-order valence-electron chi connectivity index (χ2n) is 4.38. The van der Waals surface area contributed by atoms with Gasteiger partial charge in [-0.3, -0.25) is 4.68 Å². The van der Waals surface area contributed by atoms with Crippen molar-refractivity contribution in [2.45, 2.75) is 18.5 Å². The molecule has 108 valence electrons. The van der Waals surface area contributed by atoms with Crippen LogP contribution in [0.1, 0.15) is 11.1 Å². The van der Waals surface area contributed by atoms with Gasteiger partial charge in [0.2, 0.25) is 0 Å². The fourth-order valence-electron chi connectivity index (χ4n) is 1.84. The van der Waals surface area contributed by atoms with E-state index < -0.39 is 10.0 Å². The van der Waals surface area contributed by atoms with Crippen molar-refractivity contribution in [3.8, 4) is 0 Å². The molecular formula is C12H15ClN4O2S. The van der Waals surface area contributed by atoms with Crippen LogP contribution in [0.2, 0.25) is 5.02 Å². The molecule has 1 heterocycles. The summed E-state index contributed by atoms with van der Waals surface area (Å²) in [5.41, 5.74) is 8.08. The Balaban J connectivity index is 2.24. The van der Waals surface area contributed by atoms with Gasteiger partial charge in [-0.2, -0.15) is 5.10 Å². The third-order valence-corrected chi connectivity index (χ3v) is 4.94. The van der Waals surface area contributed by atoms with Crippen LogP contribution in [0.5, 0.6) is 0 Å². The second kappa shape index (κ2) is 5.43. The molecule has 2 rings (SSSR count). The van der Waals surface area contributed by atoms with Gasteiger partial charge in [-0.1, -0.05) is 23.7 Å². The summed E-state index contributed by atoms with van der Waals surface area (Å²) in [4.78, 5) is 0. The number of halogens is 1. The van der Waals surface area contributed by atoms with Crippen molar-refractivity contribution in [2.75, 3.05) is 5.73 Å². The fourth-order valence-corrected chi connectivity index (χ4v) is 3.50. The predicted octanol–water partition coefficient (Wildman–Crippen LogP) is 1.44. The molecule has 0 saturated carbocycles. The monoisotopic (exact) mass is 314 g/mol. The molecule has 0 bridgehead atoms. The predicted molar refractivity (Wildman–Crippen MR) is 77.8 cm³/mol. The minimum Gasteiger partial charge on any atom is -0.399 e. The number of nitrogens with two attached hydrogens (primary N) is 1. The summed E-state index contributed by atoms with van der Waals surface area (Å²) in [5, 5.41) is 3.85. The van der Waals surface area contributed by atoms with Gasteiger partial charge in [0.1, 0.15) is 0 Å². The quantitative estimate of drug-likeness (QED) is 0.836. The second-order valence-corrected chi connectivity index (χ2v) is 6.47. The molecule has 0 aliphatic rings. The van der Waals surface area contributed by atoms with Gasteiger partial charge in [0, 0.05) is 19.3 Å². The molecule has 0 unspecified atom stereocenters. The molecule has 0 spiro atoms. The van der Waals surface area contributed by atoms with Gasteiger partial charge in [-0.05, 0) is 24.1 Å². The number of nitrogens with zero attached hydrogens (tertiary/aromatic N) is 2. The lowest BCUT2D eigenvalue weighted by Crippen LogP contribution is -2.26. The van der Waals surface area contributed by atoms with Crippen LogP contribution in [0, 0.1) is 6.92 Å². The highest BCUT2D eigenvalue weighted by atomic mass is 35.5. The van der Waals surface area contributed by atoms with Crippen molar-refractivity contribution in [1.82, 2.24) is 14.5 Å². The highest BCUT2D eigenvalue weighted by molar-refractivity contribution is 7.89. The smallest absolute Gasteiger partial charge is 0.259 e.